The molecule has 2 aromatic carbocycles. The Kier molecular flexibility index (Phi) is 9.92. The Balaban J connectivity index is 2.07. The van der Waals surface area contributed by atoms with Crippen molar-refractivity contribution in [3.8, 4) is 5.75 Å². The van der Waals surface area contributed by atoms with Gasteiger partial charge in [-0.15, -0.1) is 0 Å². The summed E-state index contributed by atoms with van der Waals surface area (Å²) in [5, 5.41) is 2.98. The van der Waals surface area contributed by atoms with Crippen LogP contribution in [0.1, 0.15) is 50.7 Å². The van der Waals surface area contributed by atoms with Crippen molar-refractivity contribution in [2.75, 3.05) is 13.7 Å². The second-order valence-electron chi connectivity index (χ2n) is 7.53. The first-order chi connectivity index (χ1) is 14.5. The lowest BCUT2D eigenvalue weighted by molar-refractivity contribution is -0.140. The van der Waals surface area contributed by atoms with Crippen molar-refractivity contribution >= 4 is 11.8 Å². The Hall–Kier alpha value is -2.82. The zero-order valence-corrected chi connectivity index (χ0v) is 18.4. The van der Waals surface area contributed by atoms with E-state index in [0.717, 1.165) is 36.1 Å². The number of nitrogens with one attached hydrogen (secondary N) is 1. The number of methoxy groups -OCH3 is 1. The lowest BCUT2D eigenvalue weighted by atomic mass is 10.1. The molecule has 2 aromatic rings. The van der Waals surface area contributed by atoms with Gasteiger partial charge >= 0.3 is 0 Å². The maximum absolute atomic E-state index is 13.1. The largest absolute Gasteiger partial charge is 0.497 e. The highest BCUT2D eigenvalue weighted by molar-refractivity contribution is 5.87. The minimum absolute atomic E-state index is 0.0223. The van der Waals surface area contributed by atoms with E-state index in [4.69, 9.17) is 4.74 Å². The van der Waals surface area contributed by atoms with Crippen LogP contribution in [-0.2, 0) is 22.6 Å². The fourth-order valence-corrected chi connectivity index (χ4v) is 3.28. The predicted molar refractivity (Wildman–Crippen MR) is 120 cm³/mol. The van der Waals surface area contributed by atoms with E-state index in [-0.39, 0.29) is 11.8 Å². The van der Waals surface area contributed by atoms with Crippen LogP contribution in [0.5, 0.6) is 5.75 Å². The van der Waals surface area contributed by atoms with Crippen LogP contribution in [-0.4, -0.2) is 36.4 Å². The van der Waals surface area contributed by atoms with Gasteiger partial charge in [0.05, 0.1) is 7.11 Å². The topological polar surface area (TPSA) is 58.6 Å². The molecule has 0 unspecified atom stereocenters. The van der Waals surface area contributed by atoms with E-state index in [2.05, 4.69) is 12.2 Å². The summed E-state index contributed by atoms with van der Waals surface area (Å²) in [4.78, 5) is 27.5. The number of nitrogens with zero attached hydrogens (tertiary/aromatic N) is 1. The molecule has 0 bridgehead atoms. The number of hydrogen-bond acceptors (Lipinski definition) is 3. The molecule has 1 N–H and O–H groups in total. The summed E-state index contributed by atoms with van der Waals surface area (Å²) >= 11 is 0. The van der Waals surface area contributed by atoms with Gasteiger partial charge in [0.25, 0.3) is 0 Å². The summed E-state index contributed by atoms with van der Waals surface area (Å²) in [7, 11) is 1.62. The van der Waals surface area contributed by atoms with Gasteiger partial charge in [-0.1, -0.05) is 62.2 Å². The Morgan fingerprint density at radius 2 is 1.70 bits per heavy atom. The Morgan fingerprint density at radius 3 is 2.33 bits per heavy atom. The average molecular weight is 411 g/mol. The molecular formula is C25H34N2O3. The standard InChI is InChI=1S/C25H34N2O3/c1-4-5-9-18-26-25(29)20(2)27(19-22-12-15-23(30-3)16-13-22)24(28)17-14-21-10-7-6-8-11-21/h6-8,10-13,15-16,20H,4-5,9,14,17-19H2,1-3H3,(H,26,29)/t20-/m0/s1. The summed E-state index contributed by atoms with van der Waals surface area (Å²) in [6, 6.07) is 17.0. The highest BCUT2D eigenvalue weighted by atomic mass is 16.5. The second-order valence-corrected chi connectivity index (χ2v) is 7.53. The van der Waals surface area contributed by atoms with Crippen LogP contribution >= 0.6 is 0 Å². The van der Waals surface area contributed by atoms with Gasteiger partial charge in [0.2, 0.25) is 11.8 Å². The molecule has 0 spiro atoms. The third-order valence-corrected chi connectivity index (χ3v) is 5.23. The number of carbonyl (C=O) groups excluding carboxylic acids is 2. The van der Waals surface area contributed by atoms with Crippen LogP contribution in [0.15, 0.2) is 54.6 Å². The van der Waals surface area contributed by atoms with Crippen molar-refractivity contribution in [3.63, 3.8) is 0 Å². The zero-order valence-electron chi connectivity index (χ0n) is 18.4. The molecule has 0 saturated carbocycles. The quantitative estimate of drug-likeness (QED) is 0.529. The van der Waals surface area contributed by atoms with E-state index in [0.29, 0.717) is 25.9 Å². The van der Waals surface area contributed by atoms with Crippen molar-refractivity contribution in [2.24, 2.45) is 0 Å². The van der Waals surface area contributed by atoms with Crippen LogP contribution < -0.4 is 10.1 Å². The van der Waals surface area contributed by atoms with Crippen LogP contribution in [0, 0.1) is 0 Å². The third-order valence-electron chi connectivity index (χ3n) is 5.23. The van der Waals surface area contributed by atoms with Gasteiger partial charge in [0.1, 0.15) is 11.8 Å². The van der Waals surface area contributed by atoms with Gasteiger partial charge in [-0.3, -0.25) is 9.59 Å². The number of aryl methyl sites for hydroxylation is 1. The predicted octanol–water partition coefficient (Wildman–Crippen LogP) is 4.35. The first-order valence-electron chi connectivity index (χ1n) is 10.8. The highest BCUT2D eigenvalue weighted by Gasteiger charge is 2.25. The smallest absolute Gasteiger partial charge is 0.242 e. The molecule has 1 atom stereocenters. The molecule has 2 rings (SSSR count). The summed E-state index contributed by atoms with van der Waals surface area (Å²) in [6.45, 7) is 4.97. The van der Waals surface area contributed by atoms with Crippen molar-refractivity contribution < 1.29 is 14.3 Å². The van der Waals surface area contributed by atoms with E-state index in [1.54, 1.807) is 18.9 Å². The number of hydrogen-bond donors (Lipinski definition) is 1. The molecule has 0 aromatic heterocycles. The van der Waals surface area contributed by atoms with Crippen molar-refractivity contribution in [3.05, 3.63) is 65.7 Å². The normalized spacial score (nSPS) is 11.6. The first-order valence-corrected chi connectivity index (χ1v) is 10.8. The van der Waals surface area contributed by atoms with Crippen molar-refractivity contribution in [1.82, 2.24) is 10.2 Å². The molecule has 0 aliphatic carbocycles. The van der Waals surface area contributed by atoms with Crippen molar-refractivity contribution in [2.45, 2.75) is 58.5 Å². The Morgan fingerprint density at radius 1 is 1.00 bits per heavy atom. The summed E-state index contributed by atoms with van der Waals surface area (Å²) in [6.07, 6.45) is 4.17. The van der Waals surface area contributed by atoms with E-state index in [9.17, 15) is 9.59 Å². The third kappa shape index (κ3) is 7.54. The number of ether oxygens (including phenoxy) is 1. The van der Waals surface area contributed by atoms with Gasteiger partial charge in [-0.2, -0.15) is 0 Å². The fraction of sp³-hybridized carbons (Fsp3) is 0.440. The molecular weight excluding hydrogens is 376 g/mol. The Labute approximate surface area is 180 Å². The van der Waals surface area contributed by atoms with Gasteiger partial charge in [0, 0.05) is 19.5 Å². The molecule has 0 fully saturated rings. The van der Waals surface area contributed by atoms with Crippen LogP contribution in [0.4, 0.5) is 0 Å². The maximum atomic E-state index is 13.1. The van der Waals surface area contributed by atoms with Crippen molar-refractivity contribution in [1.29, 1.82) is 0 Å². The molecule has 5 heteroatoms. The SMILES string of the molecule is CCCCCNC(=O)[C@H](C)N(Cc1ccc(OC)cc1)C(=O)CCc1ccccc1. The molecule has 2 amide bonds. The number of amides is 2. The monoisotopic (exact) mass is 410 g/mol. The van der Waals surface area contributed by atoms with Crippen LogP contribution in [0.2, 0.25) is 0 Å². The molecule has 0 saturated heterocycles. The minimum atomic E-state index is -0.531. The van der Waals surface area contributed by atoms with Gasteiger partial charge in [-0.25, -0.2) is 0 Å². The summed E-state index contributed by atoms with van der Waals surface area (Å²) in [5.41, 5.74) is 2.08. The number of unbranched alkanes of at least 4 members (excludes halogenated alkanes) is 2. The van der Waals surface area contributed by atoms with Gasteiger partial charge in [-0.05, 0) is 43.0 Å². The fourth-order valence-electron chi connectivity index (χ4n) is 3.28. The molecule has 162 valence electrons. The Bertz CT molecular complexity index is 775. The molecule has 0 heterocycles. The maximum Gasteiger partial charge on any atom is 0.242 e. The highest BCUT2D eigenvalue weighted by Crippen LogP contribution is 2.16. The summed E-state index contributed by atoms with van der Waals surface area (Å²) in [5.74, 6) is 0.640. The van der Waals surface area contributed by atoms with E-state index < -0.39 is 6.04 Å². The number of carbonyl (C=O) groups is 2. The van der Waals surface area contributed by atoms with E-state index >= 15 is 0 Å². The van der Waals surface area contributed by atoms with Crippen LogP contribution in [0.25, 0.3) is 0 Å². The lowest BCUT2D eigenvalue weighted by Gasteiger charge is -2.29. The van der Waals surface area contributed by atoms with E-state index in [1.165, 1.54) is 0 Å². The average Bonchev–Trinajstić information content (AvgIpc) is 2.79. The van der Waals surface area contributed by atoms with E-state index in [1.807, 2.05) is 54.6 Å². The zero-order chi connectivity index (χ0) is 21.8. The molecule has 0 aliphatic heterocycles. The molecule has 0 radical (unpaired) electrons. The molecule has 5 nitrogen and oxygen atoms in total. The first kappa shape index (κ1) is 23.5. The molecule has 30 heavy (non-hydrogen) atoms. The van der Waals surface area contributed by atoms with Gasteiger partial charge < -0.3 is 15.0 Å². The number of rotatable bonds is 12. The minimum Gasteiger partial charge on any atom is -0.497 e. The second kappa shape index (κ2) is 12.7. The summed E-state index contributed by atoms with van der Waals surface area (Å²) < 4.78 is 5.21. The lowest BCUT2D eigenvalue weighted by Crippen LogP contribution is -2.47. The number of benzene rings is 2. The molecule has 0 aliphatic rings. The van der Waals surface area contributed by atoms with Crippen LogP contribution in [0.3, 0.4) is 0 Å². The van der Waals surface area contributed by atoms with Gasteiger partial charge in [0.15, 0.2) is 0 Å².